The van der Waals surface area contributed by atoms with Crippen molar-refractivity contribution in [1.82, 2.24) is 10.2 Å². The standard InChI is InChI=1S/C30H25ClFN3O4S2/c1-2-3-16-39-21-14-10-19(11-15-21)26(36)24-25(22-6-4-5-7-23(22)32)35(28(38)27(24)37)29-33-34-30(41-29)40-17-18-8-12-20(31)13-9-18/h4-15,25,36H,2-3,16-17H2,1H3. The number of thioether (sulfide) groups is 1. The number of Topliss-reactive ketones (excluding diaryl/α,β-unsaturated/α-hetero) is 1. The van der Waals surface area contributed by atoms with E-state index in [0.29, 0.717) is 33.0 Å². The molecule has 11 heteroatoms. The van der Waals surface area contributed by atoms with E-state index in [2.05, 4.69) is 17.1 Å². The highest BCUT2D eigenvalue weighted by molar-refractivity contribution is 8.00. The molecule has 1 aliphatic rings. The molecule has 3 aromatic carbocycles. The largest absolute Gasteiger partial charge is 0.507 e. The van der Waals surface area contributed by atoms with Crippen LogP contribution in [0.5, 0.6) is 5.75 Å². The summed E-state index contributed by atoms with van der Waals surface area (Å²) in [6, 6.07) is 18.5. The van der Waals surface area contributed by atoms with Crippen LogP contribution in [0.25, 0.3) is 5.76 Å². The molecule has 0 bridgehead atoms. The zero-order valence-electron chi connectivity index (χ0n) is 21.9. The molecule has 1 saturated heterocycles. The van der Waals surface area contributed by atoms with E-state index in [4.69, 9.17) is 16.3 Å². The first-order valence-corrected chi connectivity index (χ1v) is 15.0. The number of ketones is 1. The number of ether oxygens (including phenoxy) is 1. The topological polar surface area (TPSA) is 92.6 Å². The van der Waals surface area contributed by atoms with E-state index in [0.717, 1.165) is 34.6 Å². The molecule has 1 N–H and O–H groups in total. The number of anilines is 1. The molecule has 2 heterocycles. The molecule has 1 aliphatic heterocycles. The molecule has 0 spiro atoms. The number of hydrogen-bond donors (Lipinski definition) is 1. The fourth-order valence-electron chi connectivity index (χ4n) is 4.30. The van der Waals surface area contributed by atoms with Crippen molar-refractivity contribution in [2.24, 2.45) is 0 Å². The van der Waals surface area contributed by atoms with Gasteiger partial charge in [0, 0.05) is 21.9 Å². The summed E-state index contributed by atoms with van der Waals surface area (Å²) in [5.74, 6) is -1.72. The minimum Gasteiger partial charge on any atom is -0.507 e. The van der Waals surface area contributed by atoms with E-state index in [1.54, 1.807) is 42.5 Å². The average Bonchev–Trinajstić information content (AvgIpc) is 3.55. The lowest BCUT2D eigenvalue weighted by Crippen LogP contribution is -2.29. The van der Waals surface area contributed by atoms with Gasteiger partial charge in [0.25, 0.3) is 5.78 Å². The van der Waals surface area contributed by atoms with Gasteiger partial charge in [-0.3, -0.25) is 14.5 Å². The van der Waals surface area contributed by atoms with Crippen molar-refractivity contribution in [1.29, 1.82) is 0 Å². The van der Waals surface area contributed by atoms with Gasteiger partial charge >= 0.3 is 5.91 Å². The highest BCUT2D eigenvalue weighted by atomic mass is 35.5. The van der Waals surface area contributed by atoms with Crippen molar-refractivity contribution in [3.8, 4) is 5.75 Å². The summed E-state index contributed by atoms with van der Waals surface area (Å²) >= 11 is 8.48. The summed E-state index contributed by atoms with van der Waals surface area (Å²) in [6.07, 6.45) is 1.90. The average molecular weight is 610 g/mol. The number of amides is 1. The second kappa shape index (κ2) is 12.8. The van der Waals surface area contributed by atoms with Crippen LogP contribution in [0.15, 0.2) is 82.7 Å². The Hall–Kier alpha value is -3.73. The van der Waals surface area contributed by atoms with Gasteiger partial charge in [-0.05, 0) is 54.4 Å². The van der Waals surface area contributed by atoms with E-state index in [1.165, 1.54) is 30.0 Å². The highest BCUT2D eigenvalue weighted by Gasteiger charge is 2.49. The predicted molar refractivity (Wildman–Crippen MR) is 159 cm³/mol. The third kappa shape index (κ3) is 6.29. The Labute approximate surface area is 249 Å². The molecule has 1 fully saturated rings. The highest BCUT2D eigenvalue weighted by Crippen LogP contribution is 2.44. The summed E-state index contributed by atoms with van der Waals surface area (Å²) in [5, 5.41) is 20.4. The second-order valence-corrected chi connectivity index (χ2v) is 11.8. The number of aliphatic hydroxyl groups is 1. The molecule has 0 saturated carbocycles. The minimum absolute atomic E-state index is 0.0540. The van der Waals surface area contributed by atoms with E-state index in [-0.39, 0.29) is 16.3 Å². The first kappa shape index (κ1) is 28.8. The molecule has 0 aliphatic carbocycles. The number of aliphatic hydroxyl groups excluding tert-OH is 1. The minimum atomic E-state index is -1.24. The van der Waals surface area contributed by atoms with Gasteiger partial charge in [0.05, 0.1) is 12.2 Å². The quantitative estimate of drug-likeness (QED) is 0.0499. The van der Waals surface area contributed by atoms with E-state index in [1.807, 2.05) is 12.1 Å². The van der Waals surface area contributed by atoms with Crippen LogP contribution < -0.4 is 9.64 Å². The molecule has 4 aromatic rings. The zero-order valence-corrected chi connectivity index (χ0v) is 24.3. The third-order valence-corrected chi connectivity index (χ3v) is 8.80. The van der Waals surface area contributed by atoms with Crippen LogP contribution in [-0.2, 0) is 15.3 Å². The number of unbranched alkanes of at least 4 members (excludes halogenated alkanes) is 1. The molecule has 7 nitrogen and oxygen atoms in total. The summed E-state index contributed by atoms with van der Waals surface area (Å²) < 4.78 is 21.4. The van der Waals surface area contributed by atoms with Gasteiger partial charge in [0.1, 0.15) is 23.4 Å². The van der Waals surface area contributed by atoms with Crippen LogP contribution in [0, 0.1) is 5.82 Å². The number of carbonyl (C=O) groups excluding carboxylic acids is 2. The Morgan fingerprint density at radius 2 is 1.80 bits per heavy atom. The van der Waals surface area contributed by atoms with Crippen LogP contribution in [-0.4, -0.2) is 33.6 Å². The van der Waals surface area contributed by atoms with Crippen LogP contribution >= 0.6 is 34.7 Å². The number of hydrogen-bond acceptors (Lipinski definition) is 8. The number of nitrogens with zero attached hydrogens (tertiary/aromatic N) is 3. The van der Waals surface area contributed by atoms with Crippen molar-refractivity contribution in [3.63, 3.8) is 0 Å². The number of halogens is 2. The maximum atomic E-state index is 15.2. The van der Waals surface area contributed by atoms with Gasteiger partial charge in [-0.25, -0.2) is 4.39 Å². The smallest absolute Gasteiger partial charge is 0.301 e. The van der Waals surface area contributed by atoms with Crippen molar-refractivity contribution in [2.45, 2.75) is 35.9 Å². The molecular formula is C30H25ClFN3O4S2. The van der Waals surface area contributed by atoms with Crippen molar-refractivity contribution in [3.05, 3.63) is 106 Å². The van der Waals surface area contributed by atoms with Crippen LogP contribution in [0.1, 0.15) is 42.5 Å². The fourth-order valence-corrected chi connectivity index (χ4v) is 6.25. The molecule has 210 valence electrons. The van der Waals surface area contributed by atoms with Gasteiger partial charge in [-0.1, -0.05) is 78.4 Å². The number of carbonyl (C=O) groups is 2. The predicted octanol–water partition coefficient (Wildman–Crippen LogP) is 7.43. The number of benzene rings is 3. The maximum Gasteiger partial charge on any atom is 0.301 e. The van der Waals surface area contributed by atoms with Crippen LogP contribution in [0.2, 0.25) is 5.02 Å². The number of aromatic nitrogens is 2. The van der Waals surface area contributed by atoms with E-state index < -0.39 is 29.3 Å². The van der Waals surface area contributed by atoms with Gasteiger partial charge < -0.3 is 9.84 Å². The van der Waals surface area contributed by atoms with E-state index >= 15 is 4.39 Å². The fraction of sp³-hybridized carbons (Fsp3) is 0.200. The SMILES string of the molecule is CCCCOc1ccc(C(O)=C2C(=O)C(=O)N(c3nnc(SCc4ccc(Cl)cc4)s3)C2c2ccccc2F)cc1. The van der Waals surface area contributed by atoms with Crippen molar-refractivity contribution >= 4 is 57.3 Å². The molecular weight excluding hydrogens is 585 g/mol. The monoisotopic (exact) mass is 609 g/mol. The summed E-state index contributed by atoms with van der Waals surface area (Å²) in [5.41, 5.74) is 1.14. The summed E-state index contributed by atoms with van der Waals surface area (Å²) in [7, 11) is 0. The lowest BCUT2D eigenvalue weighted by atomic mass is 9.95. The lowest BCUT2D eigenvalue weighted by Gasteiger charge is -2.22. The zero-order chi connectivity index (χ0) is 28.9. The second-order valence-electron chi connectivity index (χ2n) is 9.18. The van der Waals surface area contributed by atoms with E-state index in [9.17, 15) is 14.7 Å². The molecule has 5 rings (SSSR count). The lowest BCUT2D eigenvalue weighted by molar-refractivity contribution is -0.132. The first-order chi connectivity index (χ1) is 19.9. The first-order valence-electron chi connectivity index (χ1n) is 12.9. The van der Waals surface area contributed by atoms with Crippen molar-refractivity contribution in [2.75, 3.05) is 11.5 Å². The summed E-state index contributed by atoms with van der Waals surface area (Å²) in [4.78, 5) is 27.9. The van der Waals surface area contributed by atoms with Gasteiger partial charge in [-0.15, -0.1) is 10.2 Å². The third-order valence-electron chi connectivity index (χ3n) is 6.42. The normalized spacial score (nSPS) is 16.4. The molecule has 1 atom stereocenters. The number of rotatable bonds is 10. The van der Waals surface area contributed by atoms with Crippen molar-refractivity contribution < 1.29 is 23.8 Å². The molecule has 1 amide bonds. The Bertz CT molecular complexity index is 1590. The Morgan fingerprint density at radius 1 is 1.07 bits per heavy atom. The molecule has 1 unspecified atom stereocenters. The van der Waals surface area contributed by atoms with Crippen LogP contribution in [0.4, 0.5) is 9.52 Å². The molecule has 0 radical (unpaired) electrons. The Morgan fingerprint density at radius 3 is 2.51 bits per heavy atom. The molecule has 1 aromatic heterocycles. The maximum absolute atomic E-state index is 15.2. The Balaban J connectivity index is 1.49. The van der Waals surface area contributed by atoms with Gasteiger partial charge in [-0.2, -0.15) is 0 Å². The summed E-state index contributed by atoms with van der Waals surface area (Å²) in [6.45, 7) is 2.62. The van der Waals surface area contributed by atoms with Gasteiger partial charge in [0.2, 0.25) is 5.13 Å². The van der Waals surface area contributed by atoms with Gasteiger partial charge in [0.15, 0.2) is 4.34 Å². The Kier molecular flexibility index (Phi) is 9.02. The molecule has 41 heavy (non-hydrogen) atoms. The van der Waals surface area contributed by atoms with Crippen LogP contribution in [0.3, 0.4) is 0 Å².